The van der Waals surface area contributed by atoms with Gasteiger partial charge in [-0.05, 0) is 56.6 Å². The Labute approximate surface area is 174 Å². The maximum absolute atomic E-state index is 12.3. The van der Waals surface area contributed by atoms with E-state index in [1.807, 2.05) is 13.1 Å². The lowest BCUT2D eigenvalue weighted by Gasteiger charge is -2.41. The molecule has 1 aromatic carbocycles. The van der Waals surface area contributed by atoms with Crippen molar-refractivity contribution in [2.45, 2.75) is 77.4 Å². The number of aliphatic carboxylic acids is 1. The molecule has 2 N–H and O–H groups in total. The van der Waals surface area contributed by atoms with Crippen LogP contribution >= 0.6 is 0 Å². The van der Waals surface area contributed by atoms with Crippen LogP contribution in [0, 0.1) is 0 Å². The summed E-state index contributed by atoms with van der Waals surface area (Å²) in [5, 5.41) is 12.2. The summed E-state index contributed by atoms with van der Waals surface area (Å²) >= 11 is 0. The lowest BCUT2D eigenvalue weighted by Crippen LogP contribution is -2.51. The van der Waals surface area contributed by atoms with Crippen molar-refractivity contribution in [3.8, 4) is 5.75 Å². The predicted octanol–water partition coefficient (Wildman–Crippen LogP) is 4.74. The molecule has 0 saturated carbocycles. The second-order valence-electron chi connectivity index (χ2n) is 9.54. The van der Waals surface area contributed by atoms with Crippen molar-refractivity contribution >= 4 is 20.4 Å². The lowest BCUT2D eigenvalue weighted by atomic mass is 10.0. The number of nitrogens with one attached hydrogen (secondary N) is 1. The second kappa shape index (κ2) is 9.17. The Morgan fingerprint density at radius 2 is 1.69 bits per heavy atom. The standard InChI is InChI=1S/C21H35NO6Si/c1-20(2,3)27-19(25)22-16(18(23)24)17(28-29(8,9)21(4,5)6)14-11-10-12-15(13-14)26-7/h10-13,16-17H,1-9H3,(H,22,25)(H,23,24)/t16-,17-/m1/s1. The molecule has 0 unspecified atom stereocenters. The van der Waals surface area contributed by atoms with Gasteiger partial charge in [-0.1, -0.05) is 32.9 Å². The molecule has 0 bridgehead atoms. The maximum Gasteiger partial charge on any atom is 0.408 e. The van der Waals surface area contributed by atoms with Gasteiger partial charge in [0, 0.05) is 0 Å². The fraction of sp³-hybridized carbons (Fsp3) is 0.619. The van der Waals surface area contributed by atoms with Crippen LogP contribution in [-0.4, -0.2) is 44.2 Å². The van der Waals surface area contributed by atoms with E-state index < -0.39 is 38.1 Å². The molecule has 0 aliphatic heterocycles. The van der Waals surface area contributed by atoms with Crippen LogP contribution in [0.5, 0.6) is 5.75 Å². The number of amides is 1. The summed E-state index contributed by atoms with van der Waals surface area (Å²) in [6, 6.07) is 5.70. The third-order valence-corrected chi connectivity index (χ3v) is 9.35. The molecule has 7 nitrogen and oxygen atoms in total. The van der Waals surface area contributed by atoms with E-state index in [0.717, 1.165) is 0 Å². The largest absolute Gasteiger partial charge is 0.497 e. The molecule has 8 heteroatoms. The molecule has 29 heavy (non-hydrogen) atoms. The summed E-state index contributed by atoms with van der Waals surface area (Å²) in [7, 11) is -0.843. The number of ether oxygens (including phenoxy) is 2. The predicted molar refractivity (Wildman–Crippen MR) is 115 cm³/mol. The van der Waals surface area contributed by atoms with Crippen LogP contribution < -0.4 is 10.1 Å². The number of carbonyl (C=O) groups is 2. The van der Waals surface area contributed by atoms with E-state index in [9.17, 15) is 14.7 Å². The zero-order valence-corrected chi connectivity index (χ0v) is 20.0. The van der Waals surface area contributed by atoms with Gasteiger partial charge >= 0.3 is 12.1 Å². The molecule has 0 radical (unpaired) electrons. The van der Waals surface area contributed by atoms with Gasteiger partial charge in [0.15, 0.2) is 14.4 Å². The van der Waals surface area contributed by atoms with E-state index in [1.165, 1.54) is 7.11 Å². The normalized spacial score (nSPS) is 14.7. The summed E-state index contributed by atoms with van der Waals surface area (Å²) < 4.78 is 17.0. The molecule has 0 aromatic heterocycles. The van der Waals surface area contributed by atoms with Crippen molar-refractivity contribution in [1.29, 1.82) is 0 Å². The number of methoxy groups -OCH3 is 1. The number of carboxylic acids is 1. The minimum Gasteiger partial charge on any atom is -0.497 e. The molecule has 1 rings (SSSR count). The van der Waals surface area contributed by atoms with Gasteiger partial charge in [-0.25, -0.2) is 9.59 Å². The second-order valence-corrected chi connectivity index (χ2v) is 14.3. The van der Waals surface area contributed by atoms with Crippen molar-refractivity contribution < 1.29 is 28.6 Å². The number of hydrogen-bond donors (Lipinski definition) is 2. The molecule has 1 amide bonds. The first-order valence-corrected chi connectivity index (χ1v) is 12.5. The molecule has 0 aliphatic rings. The molecular formula is C21H35NO6Si. The van der Waals surface area contributed by atoms with E-state index in [4.69, 9.17) is 13.9 Å². The van der Waals surface area contributed by atoms with E-state index in [1.54, 1.807) is 45.0 Å². The van der Waals surface area contributed by atoms with Gasteiger partial charge in [-0.2, -0.15) is 0 Å². The average Bonchev–Trinajstić information content (AvgIpc) is 2.55. The van der Waals surface area contributed by atoms with Crippen molar-refractivity contribution in [1.82, 2.24) is 5.32 Å². The van der Waals surface area contributed by atoms with Crippen LogP contribution in [0.15, 0.2) is 24.3 Å². The van der Waals surface area contributed by atoms with E-state index in [0.29, 0.717) is 11.3 Å². The highest BCUT2D eigenvalue weighted by molar-refractivity contribution is 6.74. The molecule has 0 fully saturated rings. The minimum atomic E-state index is -2.38. The van der Waals surface area contributed by atoms with Gasteiger partial charge in [0.25, 0.3) is 0 Å². The quantitative estimate of drug-likeness (QED) is 0.613. The third-order valence-electron chi connectivity index (χ3n) is 4.89. The summed E-state index contributed by atoms with van der Waals surface area (Å²) in [6.07, 6.45) is -1.72. The summed E-state index contributed by atoms with van der Waals surface area (Å²) in [5.41, 5.74) is -0.142. The van der Waals surface area contributed by atoms with E-state index >= 15 is 0 Å². The molecule has 0 heterocycles. The van der Waals surface area contributed by atoms with Crippen LogP contribution in [0.2, 0.25) is 18.1 Å². The number of alkyl carbamates (subject to hydrolysis) is 1. The van der Waals surface area contributed by atoms with Crippen LogP contribution in [-0.2, 0) is 14.0 Å². The highest BCUT2D eigenvalue weighted by atomic mass is 28.4. The van der Waals surface area contributed by atoms with Gasteiger partial charge in [0.2, 0.25) is 0 Å². The van der Waals surface area contributed by atoms with Gasteiger partial charge < -0.3 is 24.3 Å². The van der Waals surface area contributed by atoms with Crippen LogP contribution in [0.3, 0.4) is 0 Å². The molecule has 0 saturated heterocycles. The first kappa shape index (κ1) is 25.0. The van der Waals surface area contributed by atoms with Crippen molar-refractivity contribution in [2.75, 3.05) is 7.11 Å². The molecule has 0 aliphatic carbocycles. The SMILES string of the molecule is COc1cccc([C@@H](O[Si](C)(C)C(C)(C)C)[C@@H](NC(=O)OC(C)(C)C)C(=O)O)c1. The van der Waals surface area contributed by atoms with Crippen LogP contribution in [0.1, 0.15) is 53.2 Å². The number of benzene rings is 1. The first-order valence-electron chi connectivity index (χ1n) is 9.61. The molecule has 164 valence electrons. The summed E-state index contributed by atoms with van der Waals surface area (Å²) in [6.45, 7) is 15.4. The fourth-order valence-electron chi connectivity index (χ4n) is 2.34. The molecule has 2 atom stereocenters. The van der Waals surface area contributed by atoms with E-state index in [2.05, 4.69) is 26.1 Å². The number of rotatable bonds is 7. The minimum absolute atomic E-state index is 0.154. The van der Waals surface area contributed by atoms with Gasteiger partial charge in [-0.15, -0.1) is 0 Å². The van der Waals surface area contributed by atoms with Crippen LogP contribution in [0.4, 0.5) is 4.79 Å². The number of carboxylic acid groups (broad SMARTS) is 1. The molecular weight excluding hydrogens is 390 g/mol. The Kier molecular flexibility index (Phi) is 7.90. The van der Waals surface area contributed by atoms with Gasteiger partial charge in [0.1, 0.15) is 17.5 Å². The van der Waals surface area contributed by atoms with Gasteiger partial charge in [0.05, 0.1) is 7.11 Å². The Hall–Kier alpha value is -2.06. The molecule has 1 aromatic rings. The highest BCUT2D eigenvalue weighted by Crippen LogP contribution is 2.41. The lowest BCUT2D eigenvalue weighted by molar-refractivity contribution is -0.142. The third kappa shape index (κ3) is 7.36. The van der Waals surface area contributed by atoms with E-state index in [-0.39, 0.29) is 5.04 Å². The van der Waals surface area contributed by atoms with Gasteiger partial charge in [-0.3, -0.25) is 0 Å². The smallest absolute Gasteiger partial charge is 0.408 e. The highest BCUT2D eigenvalue weighted by Gasteiger charge is 2.43. The van der Waals surface area contributed by atoms with Crippen molar-refractivity contribution in [2.24, 2.45) is 0 Å². The average molecular weight is 426 g/mol. The van der Waals surface area contributed by atoms with Crippen molar-refractivity contribution in [3.05, 3.63) is 29.8 Å². The monoisotopic (exact) mass is 425 g/mol. The Morgan fingerprint density at radius 3 is 2.14 bits per heavy atom. The maximum atomic E-state index is 12.3. The summed E-state index contributed by atoms with van der Waals surface area (Å²) in [4.78, 5) is 24.5. The zero-order valence-electron chi connectivity index (χ0n) is 19.0. The number of hydrogen-bond acceptors (Lipinski definition) is 5. The fourth-order valence-corrected chi connectivity index (χ4v) is 3.60. The Bertz CT molecular complexity index is 721. The van der Waals surface area contributed by atoms with Crippen LogP contribution in [0.25, 0.3) is 0 Å². The molecule has 0 spiro atoms. The number of carbonyl (C=O) groups excluding carboxylic acids is 1. The Balaban J connectivity index is 3.38. The van der Waals surface area contributed by atoms with Crippen molar-refractivity contribution in [3.63, 3.8) is 0 Å². The summed E-state index contributed by atoms with van der Waals surface area (Å²) in [5.74, 6) is -0.630. The Morgan fingerprint density at radius 1 is 1.10 bits per heavy atom. The first-order chi connectivity index (χ1) is 13.1. The topological polar surface area (TPSA) is 94.1 Å². The zero-order chi connectivity index (χ0) is 22.6.